The second kappa shape index (κ2) is 8.78. The molecule has 1 atom stereocenters. The Kier molecular flexibility index (Phi) is 5.74. The molecule has 2 aromatic carbocycles. The topological polar surface area (TPSA) is 110 Å². The van der Waals surface area contributed by atoms with E-state index in [1.54, 1.807) is 6.20 Å². The molecule has 0 fully saturated rings. The average Bonchev–Trinajstić information content (AvgIpc) is 3.39. The molecule has 0 unspecified atom stereocenters. The van der Waals surface area contributed by atoms with Crippen molar-refractivity contribution in [3.05, 3.63) is 71.9 Å². The Morgan fingerprint density at radius 1 is 1.19 bits per heavy atom. The molecular weight excluding hydrogens is 403 g/mol. The highest BCUT2D eigenvalue weighted by atomic mass is 19.1. The van der Waals surface area contributed by atoms with Gasteiger partial charge in [-0.1, -0.05) is 23.4 Å². The molecule has 0 radical (unpaired) electrons. The Labute approximate surface area is 176 Å². The van der Waals surface area contributed by atoms with Crippen molar-refractivity contribution in [3.63, 3.8) is 0 Å². The molecular formula is C22H19FN4O4. The minimum absolute atomic E-state index is 0.154. The summed E-state index contributed by atoms with van der Waals surface area (Å²) >= 11 is 0. The van der Waals surface area contributed by atoms with Crippen LogP contribution in [-0.4, -0.2) is 33.0 Å². The number of aromatic nitrogens is 3. The summed E-state index contributed by atoms with van der Waals surface area (Å²) in [5.74, 6) is -1.00. The Hall–Kier alpha value is -4.01. The third-order valence-corrected chi connectivity index (χ3v) is 4.66. The lowest BCUT2D eigenvalue weighted by Gasteiger charge is -2.16. The molecule has 4 rings (SSSR count). The molecule has 2 heterocycles. The zero-order valence-corrected chi connectivity index (χ0v) is 16.6. The number of amides is 1. The Morgan fingerprint density at radius 3 is 2.74 bits per heavy atom. The molecule has 0 saturated heterocycles. The van der Waals surface area contributed by atoms with Crippen molar-refractivity contribution >= 4 is 22.8 Å². The molecule has 158 valence electrons. The van der Waals surface area contributed by atoms with Crippen molar-refractivity contribution in [2.45, 2.75) is 26.0 Å². The number of H-pyrrole nitrogens is 1. The molecule has 9 heteroatoms. The van der Waals surface area contributed by atoms with Gasteiger partial charge in [-0.3, -0.25) is 4.79 Å². The van der Waals surface area contributed by atoms with E-state index in [-0.39, 0.29) is 36.5 Å². The molecule has 0 aliphatic rings. The van der Waals surface area contributed by atoms with Crippen LogP contribution in [0.3, 0.4) is 0 Å². The maximum absolute atomic E-state index is 13.0. The quantitative estimate of drug-likeness (QED) is 0.443. The van der Waals surface area contributed by atoms with Gasteiger partial charge < -0.3 is 19.6 Å². The number of nitrogens with one attached hydrogen (secondary N) is 2. The number of aromatic amines is 1. The number of para-hydroxylation sites is 1. The van der Waals surface area contributed by atoms with Crippen LogP contribution in [0.1, 0.15) is 18.3 Å². The summed E-state index contributed by atoms with van der Waals surface area (Å²) < 4.78 is 23.5. The highest BCUT2D eigenvalue weighted by molar-refractivity contribution is 5.86. The zero-order valence-electron chi connectivity index (χ0n) is 16.6. The van der Waals surface area contributed by atoms with Gasteiger partial charge in [-0.2, -0.15) is 4.98 Å². The molecule has 0 aliphatic carbocycles. The monoisotopic (exact) mass is 422 g/mol. The number of fused-ring (bicyclic) bond motifs is 1. The maximum atomic E-state index is 13.0. The van der Waals surface area contributed by atoms with E-state index in [9.17, 15) is 14.0 Å². The van der Waals surface area contributed by atoms with Crippen molar-refractivity contribution in [2.24, 2.45) is 0 Å². The van der Waals surface area contributed by atoms with Crippen LogP contribution in [0.4, 0.5) is 4.39 Å². The Balaban J connectivity index is 1.43. The Bertz CT molecular complexity index is 1220. The zero-order chi connectivity index (χ0) is 21.8. The molecule has 2 aromatic heterocycles. The van der Waals surface area contributed by atoms with Crippen LogP contribution in [0.2, 0.25) is 0 Å². The van der Waals surface area contributed by atoms with Crippen molar-refractivity contribution in [3.8, 4) is 11.5 Å². The van der Waals surface area contributed by atoms with Gasteiger partial charge in [0.25, 0.3) is 5.89 Å². The molecule has 0 saturated carbocycles. The van der Waals surface area contributed by atoms with Crippen LogP contribution in [-0.2, 0) is 27.4 Å². The number of halogens is 1. The fraction of sp³-hybridized carbons (Fsp3) is 0.182. The molecule has 0 bridgehead atoms. The van der Waals surface area contributed by atoms with E-state index in [0.717, 1.165) is 16.5 Å². The molecule has 8 nitrogen and oxygen atoms in total. The number of carbonyl (C=O) groups excluding carboxylic acids is 2. The van der Waals surface area contributed by atoms with Crippen LogP contribution in [0, 0.1) is 5.82 Å². The van der Waals surface area contributed by atoms with E-state index in [4.69, 9.17) is 9.26 Å². The van der Waals surface area contributed by atoms with E-state index in [2.05, 4.69) is 20.4 Å². The Morgan fingerprint density at radius 2 is 1.97 bits per heavy atom. The first-order valence-corrected chi connectivity index (χ1v) is 9.57. The van der Waals surface area contributed by atoms with E-state index >= 15 is 0 Å². The fourth-order valence-corrected chi connectivity index (χ4v) is 3.22. The van der Waals surface area contributed by atoms with Crippen molar-refractivity contribution < 1.29 is 23.2 Å². The maximum Gasteiger partial charge on any atom is 0.329 e. The third kappa shape index (κ3) is 4.77. The number of rotatable bonds is 7. The van der Waals surface area contributed by atoms with Crippen molar-refractivity contribution in [1.29, 1.82) is 0 Å². The number of esters is 1. The fourth-order valence-electron chi connectivity index (χ4n) is 3.22. The lowest BCUT2D eigenvalue weighted by Crippen LogP contribution is -2.42. The van der Waals surface area contributed by atoms with Gasteiger partial charge in [0.05, 0.1) is 0 Å². The number of hydrogen-bond acceptors (Lipinski definition) is 6. The number of hydrogen-bond donors (Lipinski definition) is 2. The van der Waals surface area contributed by atoms with Gasteiger partial charge in [-0.05, 0) is 35.9 Å². The van der Waals surface area contributed by atoms with Crippen LogP contribution < -0.4 is 5.32 Å². The summed E-state index contributed by atoms with van der Waals surface area (Å²) in [5, 5.41) is 7.37. The normalized spacial score (nSPS) is 11.9. The van der Waals surface area contributed by atoms with Gasteiger partial charge in [-0.15, -0.1) is 0 Å². The highest BCUT2D eigenvalue weighted by Gasteiger charge is 2.24. The van der Waals surface area contributed by atoms with Gasteiger partial charge in [0.1, 0.15) is 11.9 Å². The van der Waals surface area contributed by atoms with Crippen LogP contribution in [0.15, 0.2) is 59.3 Å². The summed E-state index contributed by atoms with van der Waals surface area (Å²) in [7, 11) is 0. The summed E-state index contributed by atoms with van der Waals surface area (Å²) in [6.07, 6.45) is 2.07. The van der Waals surface area contributed by atoms with Crippen molar-refractivity contribution in [2.75, 3.05) is 0 Å². The van der Waals surface area contributed by atoms with E-state index < -0.39 is 12.0 Å². The van der Waals surface area contributed by atoms with Crippen LogP contribution in [0.25, 0.3) is 22.4 Å². The first-order valence-electron chi connectivity index (χ1n) is 9.57. The lowest BCUT2D eigenvalue weighted by molar-refractivity contribution is -0.149. The molecule has 1 amide bonds. The van der Waals surface area contributed by atoms with Gasteiger partial charge in [0, 0.05) is 36.0 Å². The number of benzene rings is 2. The molecule has 0 aliphatic heterocycles. The van der Waals surface area contributed by atoms with E-state index in [1.165, 1.54) is 31.2 Å². The van der Waals surface area contributed by atoms with Gasteiger partial charge in [0.2, 0.25) is 11.7 Å². The van der Waals surface area contributed by atoms with E-state index in [1.807, 2.05) is 24.3 Å². The average molecular weight is 422 g/mol. The highest BCUT2D eigenvalue weighted by Crippen LogP contribution is 2.20. The largest absolute Gasteiger partial charge is 0.456 e. The first-order chi connectivity index (χ1) is 15.0. The molecule has 31 heavy (non-hydrogen) atoms. The van der Waals surface area contributed by atoms with Gasteiger partial charge >= 0.3 is 5.97 Å². The summed E-state index contributed by atoms with van der Waals surface area (Å²) in [4.78, 5) is 31.6. The number of carbonyl (C=O) groups is 2. The molecule has 0 spiro atoms. The van der Waals surface area contributed by atoms with Crippen LogP contribution in [0.5, 0.6) is 0 Å². The molecule has 2 N–H and O–H groups in total. The second-order valence-corrected chi connectivity index (χ2v) is 6.95. The standard InChI is InChI=1S/C22H19FN4O4/c1-13(28)25-19(10-15-11-24-18-5-3-2-4-17(15)18)22(29)30-12-20-26-21(31-27-20)14-6-8-16(23)9-7-14/h2-9,11,19,24H,10,12H2,1H3,(H,25,28)/t19-/m0/s1. The van der Waals surface area contributed by atoms with Gasteiger partial charge in [-0.25, -0.2) is 9.18 Å². The van der Waals surface area contributed by atoms with Gasteiger partial charge in [0.15, 0.2) is 6.61 Å². The predicted octanol–water partition coefficient (Wildman–Crippen LogP) is 3.15. The minimum Gasteiger partial charge on any atom is -0.456 e. The number of ether oxygens (including phenoxy) is 1. The predicted molar refractivity (Wildman–Crippen MR) is 109 cm³/mol. The second-order valence-electron chi connectivity index (χ2n) is 6.95. The third-order valence-electron chi connectivity index (χ3n) is 4.66. The van der Waals surface area contributed by atoms with Crippen molar-refractivity contribution in [1.82, 2.24) is 20.4 Å². The molecule has 4 aromatic rings. The summed E-state index contributed by atoms with van der Waals surface area (Å²) in [6.45, 7) is 1.11. The SMILES string of the molecule is CC(=O)N[C@@H](Cc1c[nH]c2ccccc12)C(=O)OCc1noc(-c2ccc(F)cc2)n1. The smallest absolute Gasteiger partial charge is 0.329 e. The summed E-state index contributed by atoms with van der Waals surface area (Å²) in [6, 6.07) is 12.4. The lowest BCUT2D eigenvalue weighted by atomic mass is 10.0. The minimum atomic E-state index is -0.875. The van der Waals surface area contributed by atoms with E-state index in [0.29, 0.717) is 5.56 Å². The van der Waals surface area contributed by atoms with Crippen LogP contribution >= 0.6 is 0 Å². The summed E-state index contributed by atoms with van der Waals surface area (Å²) in [5.41, 5.74) is 2.36. The number of nitrogens with zero attached hydrogens (tertiary/aromatic N) is 2. The first kappa shape index (κ1) is 20.3.